The first-order chi connectivity index (χ1) is 9.20. The number of nitrogens with one attached hydrogen (secondary N) is 1. The Morgan fingerprint density at radius 2 is 2.11 bits per heavy atom. The number of aliphatic carboxylic acids is 1. The van der Waals surface area contributed by atoms with Gasteiger partial charge in [0.05, 0.1) is 5.41 Å². The fourth-order valence-corrected chi connectivity index (χ4v) is 2.28. The maximum atomic E-state index is 11.3. The van der Waals surface area contributed by atoms with Gasteiger partial charge in [0, 0.05) is 18.9 Å². The minimum absolute atomic E-state index is 0.404. The average molecular weight is 258 g/mol. The number of carboxylic acid groups (broad SMARTS) is 1. The highest BCUT2D eigenvalue weighted by molar-refractivity contribution is 5.77. The van der Waals surface area contributed by atoms with E-state index in [-0.39, 0.29) is 0 Å². The van der Waals surface area contributed by atoms with Gasteiger partial charge in [0.25, 0.3) is 0 Å². The van der Waals surface area contributed by atoms with Gasteiger partial charge in [-0.25, -0.2) is 9.97 Å². The predicted molar refractivity (Wildman–Crippen MR) is 69.7 cm³/mol. The third kappa shape index (κ3) is 2.09. The van der Waals surface area contributed by atoms with Crippen molar-refractivity contribution in [3.63, 3.8) is 0 Å². The Labute approximate surface area is 109 Å². The molecular weight excluding hydrogens is 244 g/mol. The standard InChI is InChI=1S/C13H14N4O2/c18-12(19)13(4-1-5-13)8-16-10-3-2-9-11(17-10)15-7-6-14-9/h2-3,6-7H,1,4-5,8H2,(H,18,19)(H,15,16,17). The van der Waals surface area contributed by atoms with Crippen molar-refractivity contribution in [2.75, 3.05) is 11.9 Å². The molecule has 2 heterocycles. The summed E-state index contributed by atoms with van der Waals surface area (Å²) in [6.07, 6.45) is 5.63. The predicted octanol–water partition coefficient (Wildman–Crippen LogP) is 1.69. The molecule has 1 aliphatic carbocycles. The molecule has 0 atom stereocenters. The van der Waals surface area contributed by atoms with Gasteiger partial charge in [-0.3, -0.25) is 9.78 Å². The van der Waals surface area contributed by atoms with Crippen molar-refractivity contribution in [1.82, 2.24) is 15.0 Å². The minimum atomic E-state index is -0.730. The Morgan fingerprint density at radius 3 is 2.79 bits per heavy atom. The molecule has 2 aromatic rings. The van der Waals surface area contributed by atoms with Gasteiger partial charge >= 0.3 is 5.97 Å². The summed E-state index contributed by atoms with van der Waals surface area (Å²) in [5, 5.41) is 12.4. The minimum Gasteiger partial charge on any atom is -0.481 e. The van der Waals surface area contributed by atoms with Crippen molar-refractivity contribution in [1.29, 1.82) is 0 Å². The van der Waals surface area contributed by atoms with Gasteiger partial charge in [0.1, 0.15) is 11.3 Å². The monoisotopic (exact) mass is 258 g/mol. The summed E-state index contributed by atoms with van der Waals surface area (Å²) < 4.78 is 0. The summed E-state index contributed by atoms with van der Waals surface area (Å²) in [5.74, 6) is -0.0904. The lowest BCUT2D eigenvalue weighted by molar-refractivity contribution is -0.153. The number of hydrogen-bond acceptors (Lipinski definition) is 5. The number of pyridine rings is 1. The zero-order valence-electron chi connectivity index (χ0n) is 10.3. The Morgan fingerprint density at radius 1 is 1.32 bits per heavy atom. The van der Waals surface area contributed by atoms with Gasteiger partial charge in [-0.05, 0) is 25.0 Å². The van der Waals surface area contributed by atoms with E-state index in [0.29, 0.717) is 18.0 Å². The number of hydrogen-bond donors (Lipinski definition) is 2. The molecule has 3 rings (SSSR count). The summed E-state index contributed by atoms with van der Waals surface area (Å²) in [4.78, 5) is 23.8. The van der Waals surface area contributed by atoms with Crippen molar-refractivity contribution in [3.05, 3.63) is 24.5 Å². The third-order valence-electron chi connectivity index (χ3n) is 3.70. The molecule has 0 saturated heterocycles. The first-order valence-electron chi connectivity index (χ1n) is 6.25. The van der Waals surface area contributed by atoms with Gasteiger partial charge in [-0.2, -0.15) is 0 Å². The van der Waals surface area contributed by atoms with Crippen molar-refractivity contribution >= 4 is 23.0 Å². The largest absolute Gasteiger partial charge is 0.481 e. The van der Waals surface area contributed by atoms with Gasteiger partial charge in [0.15, 0.2) is 5.65 Å². The van der Waals surface area contributed by atoms with Crippen LogP contribution in [0.1, 0.15) is 19.3 Å². The molecule has 1 fully saturated rings. The van der Waals surface area contributed by atoms with E-state index in [2.05, 4.69) is 20.3 Å². The Balaban J connectivity index is 1.76. The summed E-state index contributed by atoms with van der Waals surface area (Å²) in [5.41, 5.74) is 0.661. The Hall–Kier alpha value is -2.24. The highest BCUT2D eigenvalue weighted by Crippen LogP contribution is 2.41. The molecule has 0 bridgehead atoms. The lowest BCUT2D eigenvalue weighted by Crippen LogP contribution is -2.43. The fourth-order valence-electron chi connectivity index (χ4n) is 2.28. The summed E-state index contributed by atoms with van der Waals surface area (Å²) in [7, 11) is 0. The van der Waals surface area contributed by atoms with E-state index in [0.717, 1.165) is 24.8 Å². The average Bonchev–Trinajstić information content (AvgIpc) is 2.37. The zero-order chi connectivity index (χ0) is 13.3. The second-order valence-corrected chi connectivity index (χ2v) is 4.89. The summed E-state index contributed by atoms with van der Waals surface area (Å²) in [6.45, 7) is 0.404. The molecular formula is C13H14N4O2. The first kappa shape index (κ1) is 11.8. The molecule has 6 nitrogen and oxygen atoms in total. The lowest BCUT2D eigenvalue weighted by atomic mass is 9.69. The van der Waals surface area contributed by atoms with E-state index in [9.17, 15) is 9.90 Å². The van der Waals surface area contributed by atoms with Crippen molar-refractivity contribution in [3.8, 4) is 0 Å². The second-order valence-electron chi connectivity index (χ2n) is 4.89. The smallest absolute Gasteiger partial charge is 0.311 e. The van der Waals surface area contributed by atoms with Crippen LogP contribution < -0.4 is 5.32 Å². The van der Waals surface area contributed by atoms with Crippen molar-refractivity contribution in [2.45, 2.75) is 19.3 Å². The maximum Gasteiger partial charge on any atom is 0.311 e. The molecule has 0 spiro atoms. The molecule has 0 amide bonds. The number of carboxylic acids is 1. The molecule has 1 aliphatic rings. The van der Waals surface area contributed by atoms with E-state index in [1.165, 1.54) is 0 Å². The van der Waals surface area contributed by atoms with Crippen LogP contribution in [0.15, 0.2) is 24.5 Å². The molecule has 0 radical (unpaired) electrons. The summed E-state index contributed by atoms with van der Waals surface area (Å²) in [6, 6.07) is 3.62. The van der Waals surface area contributed by atoms with Crippen LogP contribution in [0.2, 0.25) is 0 Å². The molecule has 6 heteroatoms. The van der Waals surface area contributed by atoms with Crippen LogP contribution in [0.5, 0.6) is 0 Å². The molecule has 19 heavy (non-hydrogen) atoms. The molecule has 2 aromatic heterocycles. The Kier molecular flexibility index (Phi) is 2.77. The quantitative estimate of drug-likeness (QED) is 0.867. The highest BCUT2D eigenvalue weighted by Gasteiger charge is 2.44. The number of rotatable bonds is 4. The first-order valence-corrected chi connectivity index (χ1v) is 6.25. The number of anilines is 1. The fraction of sp³-hybridized carbons (Fsp3) is 0.385. The topological polar surface area (TPSA) is 88.0 Å². The van der Waals surface area contributed by atoms with Crippen LogP contribution in [0.4, 0.5) is 5.82 Å². The van der Waals surface area contributed by atoms with Crippen LogP contribution in [0.25, 0.3) is 11.2 Å². The molecule has 2 N–H and O–H groups in total. The van der Waals surface area contributed by atoms with Gasteiger partial charge in [0.2, 0.25) is 0 Å². The zero-order valence-corrected chi connectivity index (χ0v) is 10.3. The van der Waals surface area contributed by atoms with Crippen LogP contribution in [-0.2, 0) is 4.79 Å². The second kappa shape index (κ2) is 4.46. The molecule has 98 valence electrons. The molecule has 0 aromatic carbocycles. The Bertz CT molecular complexity index is 625. The third-order valence-corrected chi connectivity index (χ3v) is 3.70. The van der Waals surface area contributed by atoms with Crippen molar-refractivity contribution in [2.24, 2.45) is 5.41 Å². The van der Waals surface area contributed by atoms with E-state index in [1.54, 1.807) is 18.5 Å². The van der Waals surface area contributed by atoms with Gasteiger partial charge < -0.3 is 10.4 Å². The molecule has 0 aliphatic heterocycles. The number of nitrogens with zero attached hydrogens (tertiary/aromatic N) is 3. The van der Waals surface area contributed by atoms with Crippen LogP contribution in [0, 0.1) is 5.41 Å². The normalized spacial score (nSPS) is 16.8. The maximum absolute atomic E-state index is 11.3. The van der Waals surface area contributed by atoms with E-state index in [4.69, 9.17) is 0 Å². The number of carbonyl (C=O) groups is 1. The number of aromatic nitrogens is 3. The van der Waals surface area contributed by atoms with E-state index >= 15 is 0 Å². The van der Waals surface area contributed by atoms with Gasteiger partial charge in [-0.15, -0.1) is 0 Å². The van der Waals surface area contributed by atoms with E-state index < -0.39 is 11.4 Å². The molecule has 0 unspecified atom stereocenters. The SMILES string of the molecule is O=C(O)C1(CNc2ccc3nccnc3n2)CCC1. The van der Waals surface area contributed by atoms with Crippen LogP contribution >= 0.6 is 0 Å². The highest BCUT2D eigenvalue weighted by atomic mass is 16.4. The van der Waals surface area contributed by atoms with Crippen LogP contribution in [0.3, 0.4) is 0 Å². The number of fused-ring (bicyclic) bond motifs is 1. The lowest BCUT2D eigenvalue weighted by Gasteiger charge is -2.37. The molecule has 1 saturated carbocycles. The van der Waals surface area contributed by atoms with Crippen LogP contribution in [-0.4, -0.2) is 32.6 Å². The summed E-state index contributed by atoms with van der Waals surface area (Å²) >= 11 is 0. The van der Waals surface area contributed by atoms with Crippen molar-refractivity contribution < 1.29 is 9.90 Å². The van der Waals surface area contributed by atoms with Gasteiger partial charge in [-0.1, -0.05) is 6.42 Å². The van der Waals surface area contributed by atoms with E-state index in [1.807, 2.05) is 6.07 Å².